The molecule has 0 fully saturated rings. The molecule has 2 aromatic heterocycles. The van der Waals surface area contributed by atoms with Gasteiger partial charge in [-0.2, -0.15) is 0 Å². The normalized spacial score (nSPS) is 12.5. The molecule has 3 nitrogen and oxygen atoms in total. The van der Waals surface area contributed by atoms with E-state index < -0.39 is 7.60 Å². The summed E-state index contributed by atoms with van der Waals surface area (Å²) in [5.41, 5.74) is 1.41. The second-order valence-corrected chi connectivity index (χ2v) is 11.1. The Hall–Kier alpha value is -1.23. The number of unbranched alkanes of at least 4 members (excludes halogenated alkanes) is 5. The van der Waals surface area contributed by atoms with Gasteiger partial charge in [0, 0.05) is 20.2 Å². The molecule has 0 radical (unpaired) electrons. The van der Waals surface area contributed by atoms with Crippen LogP contribution in [0.15, 0.2) is 36.4 Å². The predicted molar refractivity (Wildman–Crippen MR) is 123 cm³/mol. The van der Waals surface area contributed by atoms with E-state index in [0.29, 0.717) is 0 Å². The highest BCUT2D eigenvalue weighted by molar-refractivity contribution is 7.60. The third kappa shape index (κ3) is 4.05. The van der Waals surface area contributed by atoms with Gasteiger partial charge in [0.25, 0.3) is 0 Å². The third-order valence-electron chi connectivity index (χ3n) is 5.29. The molecule has 4 rings (SSSR count). The zero-order valence-electron chi connectivity index (χ0n) is 16.0. The van der Waals surface area contributed by atoms with Crippen LogP contribution in [0.25, 0.3) is 29.6 Å². The fourth-order valence-corrected chi connectivity index (χ4v) is 7.15. The molecular formula is C22H25O3PS2. The van der Waals surface area contributed by atoms with E-state index >= 15 is 0 Å². The van der Waals surface area contributed by atoms with Crippen LogP contribution in [0.1, 0.15) is 51.0 Å². The van der Waals surface area contributed by atoms with Crippen LogP contribution < -0.4 is 5.30 Å². The summed E-state index contributed by atoms with van der Waals surface area (Å²) in [5.74, 6) is 0. The van der Waals surface area contributed by atoms with Crippen LogP contribution in [0.2, 0.25) is 0 Å². The molecule has 2 aromatic carbocycles. The van der Waals surface area contributed by atoms with Crippen LogP contribution in [0.4, 0.5) is 0 Å². The van der Waals surface area contributed by atoms with E-state index in [1.165, 1.54) is 63.6 Å². The van der Waals surface area contributed by atoms with Gasteiger partial charge in [0.2, 0.25) is 0 Å². The van der Waals surface area contributed by atoms with Gasteiger partial charge in [-0.15, -0.1) is 22.7 Å². The third-order valence-corrected chi connectivity index (χ3v) is 8.74. The van der Waals surface area contributed by atoms with Gasteiger partial charge in [-0.25, -0.2) is 0 Å². The zero-order chi connectivity index (χ0) is 19.7. The Morgan fingerprint density at radius 3 is 2.11 bits per heavy atom. The molecule has 4 aromatic rings. The van der Waals surface area contributed by atoms with Crippen molar-refractivity contribution < 1.29 is 14.4 Å². The summed E-state index contributed by atoms with van der Waals surface area (Å²) >= 11 is 3.42. The quantitative estimate of drug-likeness (QED) is 0.233. The Kier molecular flexibility index (Phi) is 5.91. The molecule has 6 heteroatoms. The Labute approximate surface area is 173 Å². The van der Waals surface area contributed by atoms with Gasteiger partial charge in [0.1, 0.15) is 0 Å². The molecule has 0 spiro atoms. The van der Waals surface area contributed by atoms with Crippen LogP contribution in [0.3, 0.4) is 0 Å². The first kappa shape index (κ1) is 20.1. The molecule has 0 amide bonds. The van der Waals surface area contributed by atoms with Gasteiger partial charge in [0.15, 0.2) is 0 Å². The number of rotatable bonds is 8. The number of hydrogen-bond acceptors (Lipinski definition) is 3. The molecule has 2 heterocycles. The van der Waals surface area contributed by atoms with Gasteiger partial charge in [-0.05, 0) is 36.6 Å². The van der Waals surface area contributed by atoms with Crippen molar-refractivity contribution in [3.05, 3.63) is 42.0 Å². The molecule has 28 heavy (non-hydrogen) atoms. The van der Waals surface area contributed by atoms with E-state index in [1.807, 2.05) is 6.07 Å². The van der Waals surface area contributed by atoms with Crippen molar-refractivity contribution >= 4 is 65.1 Å². The van der Waals surface area contributed by atoms with E-state index in [4.69, 9.17) is 0 Å². The monoisotopic (exact) mass is 432 g/mol. The number of aryl methyl sites for hydroxylation is 1. The summed E-state index contributed by atoms with van der Waals surface area (Å²) in [6.45, 7) is 2.25. The van der Waals surface area contributed by atoms with Crippen molar-refractivity contribution in [2.75, 3.05) is 0 Å². The molecule has 0 saturated carbocycles. The first-order valence-corrected chi connectivity index (χ1v) is 13.2. The second kappa shape index (κ2) is 8.25. The van der Waals surface area contributed by atoms with Crippen molar-refractivity contribution in [1.82, 2.24) is 0 Å². The minimum atomic E-state index is -4.21. The van der Waals surface area contributed by atoms with Crippen molar-refractivity contribution in [1.29, 1.82) is 0 Å². The fraction of sp³-hybridized carbons (Fsp3) is 0.364. The van der Waals surface area contributed by atoms with Gasteiger partial charge in [-0.1, -0.05) is 57.2 Å². The molecule has 148 valence electrons. The first-order valence-electron chi connectivity index (χ1n) is 9.91. The van der Waals surface area contributed by atoms with Gasteiger partial charge < -0.3 is 9.79 Å². The molecule has 0 bridgehead atoms. The maximum absolute atomic E-state index is 11.5. The Morgan fingerprint density at radius 1 is 0.821 bits per heavy atom. The highest BCUT2D eigenvalue weighted by atomic mass is 32.1. The minimum Gasteiger partial charge on any atom is -0.321 e. The number of benzene rings is 2. The molecule has 2 N–H and O–H groups in total. The maximum atomic E-state index is 11.5. The average molecular weight is 433 g/mol. The van der Waals surface area contributed by atoms with Gasteiger partial charge >= 0.3 is 7.60 Å². The van der Waals surface area contributed by atoms with E-state index in [-0.39, 0.29) is 5.30 Å². The van der Waals surface area contributed by atoms with Crippen LogP contribution in [-0.4, -0.2) is 9.79 Å². The van der Waals surface area contributed by atoms with Crippen molar-refractivity contribution in [2.24, 2.45) is 0 Å². The maximum Gasteiger partial charge on any atom is 0.356 e. The second-order valence-electron chi connectivity index (χ2n) is 7.44. The summed E-state index contributed by atoms with van der Waals surface area (Å²) in [7, 11) is -4.21. The Morgan fingerprint density at radius 2 is 1.43 bits per heavy atom. The lowest BCUT2D eigenvalue weighted by Crippen LogP contribution is -2.01. The van der Waals surface area contributed by atoms with E-state index in [9.17, 15) is 14.4 Å². The predicted octanol–water partition coefficient (Wildman–Crippen LogP) is 6.98. The zero-order valence-corrected chi connectivity index (χ0v) is 18.5. The number of thiophene rings is 2. The summed E-state index contributed by atoms with van der Waals surface area (Å²) in [6, 6.07) is 11.9. The van der Waals surface area contributed by atoms with Gasteiger partial charge in [-0.3, -0.25) is 4.57 Å². The Bertz CT molecular complexity index is 1170. The molecule has 0 atom stereocenters. The Balaban J connectivity index is 1.59. The molecule has 0 saturated heterocycles. The smallest absolute Gasteiger partial charge is 0.321 e. The van der Waals surface area contributed by atoms with Crippen LogP contribution >= 0.6 is 30.3 Å². The van der Waals surface area contributed by atoms with Crippen LogP contribution in [-0.2, 0) is 11.0 Å². The van der Waals surface area contributed by atoms with Crippen LogP contribution in [0.5, 0.6) is 0 Å². The fourth-order valence-electron chi connectivity index (χ4n) is 3.74. The van der Waals surface area contributed by atoms with E-state index in [2.05, 4.69) is 25.1 Å². The lowest BCUT2D eigenvalue weighted by Gasteiger charge is -2.03. The molecule has 0 aliphatic rings. The lowest BCUT2D eigenvalue weighted by molar-refractivity contribution is 0.387. The topological polar surface area (TPSA) is 57.5 Å². The molecule has 0 aliphatic heterocycles. The standard InChI is InChI=1S/C22H25O3PS2/c1-2-3-4-5-6-7-8-15-9-11-17-19(13-15)27-22-18-12-10-16(26(23,24)25)14-20(18)28-21(17)22/h9-14H,2-8H2,1H3,(H2,23,24,25). The van der Waals surface area contributed by atoms with Crippen LogP contribution in [0, 0.1) is 0 Å². The first-order chi connectivity index (χ1) is 13.5. The van der Waals surface area contributed by atoms with E-state index in [1.54, 1.807) is 34.8 Å². The summed E-state index contributed by atoms with van der Waals surface area (Å²) in [4.78, 5) is 18.9. The molecular weight excluding hydrogens is 407 g/mol. The lowest BCUT2D eigenvalue weighted by atomic mass is 10.0. The van der Waals surface area contributed by atoms with Crippen molar-refractivity contribution in [3.8, 4) is 0 Å². The number of hydrogen-bond donors (Lipinski definition) is 2. The summed E-state index contributed by atoms with van der Waals surface area (Å²) in [6.07, 6.45) is 9.04. The minimum absolute atomic E-state index is 0.0967. The molecule has 0 unspecified atom stereocenters. The van der Waals surface area contributed by atoms with Gasteiger partial charge in [0.05, 0.1) is 14.7 Å². The highest BCUT2D eigenvalue weighted by Gasteiger charge is 2.19. The largest absolute Gasteiger partial charge is 0.356 e. The highest BCUT2D eigenvalue weighted by Crippen LogP contribution is 2.45. The van der Waals surface area contributed by atoms with Crippen molar-refractivity contribution in [3.63, 3.8) is 0 Å². The number of fused-ring (bicyclic) bond motifs is 5. The van der Waals surface area contributed by atoms with Crippen molar-refractivity contribution in [2.45, 2.75) is 51.9 Å². The SMILES string of the molecule is CCCCCCCCc1ccc2c(c1)sc1c3ccc(P(=O)(O)O)cc3sc21. The summed E-state index contributed by atoms with van der Waals surface area (Å²) in [5, 5.41) is 2.45. The summed E-state index contributed by atoms with van der Waals surface area (Å²) < 4.78 is 16.2. The molecule has 0 aliphatic carbocycles. The average Bonchev–Trinajstić information content (AvgIpc) is 3.18. The van der Waals surface area contributed by atoms with E-state index in [0.717, 1.165) is 16.5 Å².